The highest BCUT2D eigenvalue weighted by Crippen LogP contribution is 2.19. The number of nitrogens with one attached hydrogen (secondary N) is 1. The Balaban J connectivity index is 2.55. The van der Waals surface area contributed by atoms with Gasteiger partial charge in [-0.1, -0.05) is 6.07 Å². The van der Waals surface area contributed by atoms with Gasteiger partial charge in [0.05, 0.1) is 12.6 Å². The summed E-state index contributed by atoms with van der Waals surface area (Å²) in [4.78, 5) is 11.2. The monoisotopic (exact) mass is 271 g/mol. The van der Waals surface area contributed by atoms with Crippen molar-refractivity contribution in [3.05, 3.63) is 24.3 Å². The van der Waals surface area contributed by atoms with Gasteiger partial charge in [0, 0.05) is 6.07 Å². The Morgan fingerprint density at radius 3 is 2.67 bits per heavy atom. The molecule has 1 amide bonds. The SMILES string of the molecule is COc1cccc(OCC(C)(C)NC(=O)CCl)c1. The molecule has 5 heteroatoms. The molecule has 0 saturated carbocycles. The first-order chi connectivity index (χ1) is 8.46. The minimum absolute atomic E-state index is 0.0530. The minimum atomic E-state index is -0.477. The van der Waals surface area contributed by atoms with Crippen LogP contribution < -0.4 is 14.8 Å². The zero-order valence-corrected chi connectivity index (χ0v) is 11.6. The molecule has 0 heterocycles. The Hall–Kier alpha value is -1.42. The molecule has 1 rings (SSSR count). The molecule has 0 aliphatic heterocycles. The van der Waals surface area contributed by atoms with Gasteiger partial charge in [-0.05, 0) is 26.0 Å². The Bertz CT molecular complexity index is 407. The predicted molar refractivity (Wildman–Crippen MR) is 71.4 cm³/mol. The van der Waals surface area contributed by atoms with Gasteiger partial charge < -0.3 is 14.8 Å². The van der Waals surface area contributed by atoms with E-state index in [-0.39, 0.29) is 11.8 Å². The van der Waals surface area contributed by atoms with Crippen molar-refractivity contribution in [2.45, 2.75) is 19.4 Å². The maximum atomic E-state index is 11.2. The van der Waals surface area contributed by atoms with Gasteiger partial charge in [0.1, 0.15) is 24.0 Å². The molecule has 0 atom stereocenters. The van der Waals surface area contributed by atoms with Crippen LogP contribution in [-0.4, -0.2) is 31.0 Å². The number of hydrogen-bond donors (Lipinski definition) is 1. The standard InChI is InChI=1S/C13H18ClNO3/c1-13(2,15-12(16)8-14)9-18-11-6-4-5-10(7-11)17-3/h4-7H,8-9H2,1-3H3,(H,15,16). The van der Waals surface area contributed by atoms with E-state index in [1.807, 2.05) is 32.0 Å². The van der Waals surface area contributed by atoms with E-state index in [2.05, 4.69) is 5.32 Å². The first kappa shape index (κ1) is 14.6. The molecule has 0 bridgehead atoms. The second-order valence-electron chi connectivity index (χ2n) is 4.53. The van der Waals surface area contributed by atoms with Crippen LogP contribution in [0.3, 0.4) is 0 Å². The van der Waals surface area contributed by atoms with Gasteiger partial charge in [-0.2, -0.15) is 0 Å². The summed E-state index contributed by atoms with van der Waals surface area (Å²) >= 11 is 5.45. The number of alkyl halides is 1. The minimum Gasteiger partial charge on any atom is -0.497 e. The molecule has 1 aromatic carbocycles. The number of rotatable bonds is 6. The largest absolute Gasteiger partial charge is 0.497 e. The molecule has 100 valence electrons. The Morgan fingerprint density at radius 1 is 1.39 bits per heavy atom. The van der Waals surface area contributed by atoms with Crippen LogP contribution in [-0.2, 0) is 4.79 Å². The average molecular weight is 272 g/mol. The fourth-order valence-corrected chi connectivity index (χ4v) is 1.47. The first-order valence-corrected chi connectivity index (χ1v) is 6.14. The van der Waals surface area contributed by atoms with E-state index in [0.717, 1.165) is 5.75 Å². The van der Waals surface area contributed by atoms with E-state index < -0.39 is 5.54 Å². The van der Waals surface area contributed by atoms with Crippen molar-refractivity contribution in [3.8, 4) is 11.5 Å². The zero-order chi connectivity index (χ0) is 13.6. The summed E-state index contributed by atoms with van der Waals surface area (Å²) in [6, 6.07) is 7.31. The third-order valence-electron chi connectivity index (χ3n) is 2.24. The molecule has 0 aromatic heterocycles. The van der Waals surface area contributed by atoms with Crippen LogP contribution in [0.25, 0.3) is 0 Å². The lowest BCUT2D eigenvalue weighted by molar-refractivity contribution is -0.120. The van der Waals surface area contributed by atoms with E-state index in [4.69, 9.17) is 21.1 Å². The molecule has 18 heavy (non-hydrogen) atoms. The van der Waals surface area contributed by atoms with E-state index >= 15 is 0 Å². The van der Waals surface area contributed by atoms with Crippen molar-refractivity contribution in [3.63, 3.8) is 0 Å². The Kier molecular flexibility index (Phi) is 5.28. The molecule has 0 saturated heterocycles. The fraction of sp³-hybridized carbons (Fsp3) is 0.462. The average Bonchev–Trinajstić information content (AvgIpc) is 2.36. The van der Waals surface area contributed by atoms with Crippen LogP contribution in [0.15, 0.2) is 24.3 Å². The maximum absolute atomic E-state index is 11.2. The molecule has 0 spiro atoms. The molecule has 0 aliphatic rings. The van der Waals surface area contributed by atoms with Crippen LogP contribution in [0.1, 0.15) is 13.8 Å². The third-order valence-corrected chi connectivity index (χ3v) is 2.48. The molecule has 0 unspecified atom stereocenters. The van der Waals surface area contributed by atoms with Crippen LogP contribution in [0.2, 0.25) is 0 Å². The summed E-state index contributed by atoms with van der Waals surface area (Å²) in [5.74, 6) is 1.16. The van der Waals surface area contributed by atoms with E-state index in [0.29, 0.717) is 12.4 Å². The first-order valence-electron chi connectivity index (χ1n) is 5.61. The van der Waals surface area contributed by atoms with Crippen LogP contribution in [0, 0.1) is 0 Å². The maximum Gasteiger partial charge on any atom is 0.235 e. The topological polar surface area (TPSA) is 47.6 Å². The smallest absolute Gasteiger partial charge is 0.235 e. The molecular formula is C13H18ClNO3. The van der Waals surface area contributed by atoms with Gasteiger partial charge in [0.2, 0.25) is 5.91 Å². The predicted octanol–water partition coefficient (Wildman–Crippen LogP) is 2.21. The van der Waals surface area contributed by atoms with Gasteiger partial charge >= 0.3 is 0 Å². The Morgan fingerprint density at radius 2 is 2.06 bits per heavy atom. The van der Waals surface area contributed by atoms with Crippen molar-refractivity contribution < 1.29 is 14.3 Å². The Labute approximate surface area is 112 Å². The summed E-state index contributed by atoms with van der Waals surface area (Å²) in [5, 5.41) is 2.78. The number of ether oxygens (including phenoxy) is 2. The van der Waals surface area contributed by atoms with Gasteiger partial charge in [-0.3, -0.25) is 4.79 Å². The number of benzene rings is 1. The summed E-state index contributed by atoms with van der Waals surface area (Å²) in [5.41, 5.74) is -0.477. The number of hydrogen-bond acceptors (Lipinski definition) is 3. The number of carbonyl (C=O) groups excluding carboxylic acids is 1. The number of halogens is 1. The van der Waals surface area contributed by atoms with Crippen LogP contribution in [0.4, 0.5) is 0 Å². The zero-order valence-electron chi connectivity index (χ0n) is 10.8. The normalized spacial score (nSPS) is 10.9. The van der Waals surface area contributed by atoms with E-state index in [9.17, 15) is 4.79 Å². The molecule has 0 fully saturated rings. The highest BCUT2D eigenvalue weighted by molar-refractivity contribution is 6.27. The molecule has 4 nitrogen and oxygen atoms in total. The number of methoxy groups -OCH3 is 1. The lowest BCUT2D eigenvalue weighted by atomic mass is 10.1. The summed E-state index contributed by atoms with van der Waals surface area (Å²) in [6.45, 7) is 4.10. The molecule has 1 aromatic rings. The summed E-state index contributed by atoms with van der Waals surface area (Å²) in [7, 11) is 1.60. The van der Waals surface area contributed by atoms with Crippen molar-refractivity contribution in [1.82, 2.24) is 5.32 Å². The van der Waals surface area contributed by atoms with Gasteiger partial charge in [0.25, 0.3) is 0 Å². The highest BCUT2D eigenvalue weighted by Gasteiger charge is 2.20. The van der Waals surface area contributed by atoms with Crippen molar-refractivity contribution >= 4 is 17.5 Å². The molecule has 0 aliphatic carbocycles. The molecule has 0 radical (unpaired) electrons. The lowest BCUT2D eigenvalue weighted by Gasteiger charge is -2.26. The quantitative estimate of drug-likeness (QED) is 0.807. The van der Waals surface area contributed by atoms with Gasteiger partial charge in [-0.15, -0.1) is 11.6 Å². The third kappa shape index (κ3) is 4.84. The molecule has 1 N–H and O–H groups in total. The number of carbonyl (C=O) groups is 1. The van der Waals surface area contributed by atoms with Crippen molar-refractivity contribution in [2.24, 2.45) is 0 Å². The van der Waals surface area contributed by atoms with Crippen molar-refractivity contribution in [1.29, 1.82) is 0 Å². The highest BCUT2D eigenvalue weighted by atomic mass is 35.5. The van der Waals surface area contributed by atoms with Crippen LogP contribution in [0.5, 0.6) is 11.5 Å². The van der Waals surface area contributed by atoms with Crippen molar-refractivity contribution in [2.75, 3.05) is 19.6 Å². The van der Waals surface area contributed by atoms with Crippen LogP contribution >= 0.6 is 11.6 Å². The van der Waals surface area contributed by atoms with E-state index in [1.54, 1.807) is 13.2 Å². The fourth-order valence-electron chi connectivity index (χ4n) is 1.40. The number of amides is 1. The summed E-state index contributed by atoms with van der Waals surface area (Å²) < 4.78 is 10.7. The molecular weight excluding hydrogens is 254 g/mol. The van der Waals surface area contributed by atoms with Gasteiger partial charge in [0.15, 0.2) is 0 Å². The summed E-state index contributed by atoms with van der Waals surface area (Å²) in [6.07, 6.45) is 0. The lowest BCUT2D eigenvalue weighted by Crippen LogP contribution is -2.48. The van der Waals surface area contributed by atoms with E-state index in [1.165, 1.54) is 0 Å². The van der Waals surface area contributed by atoms with Gasteiger partial charge in [-0.25, -0.2) is 0 Å². The second kappa shape index (κ2) is 6.50. The second-order valence-corrected chi connectivity index (χ2v) is 4.80.